The van der Waals surface area contributed by atoms with E-state index in [9.17, 15) is 4.79 Å². The minimum atomic E-state index is -0.101. The van der Waals surface area contributed by atoms with Gasteiger partial charge in [-0.15, -0.1) is 0 Å². The molecule has 2 bridgehead atoms. The van der Waals surface area contributed by atoms with Crippen LogP contribution in [0.4, 0.5) is 5.69 Å². The third kappa shape index (κ3) is 1.58. The molecule has 0 radical (unpaired) electrons. The molecule has 1 aromatic carbocycles. The Morgan fingerprint density at radius 1 is 1.21 bits per heavy atom. The number of benzene rings is 1. The maximum atomic E-state index is 12.8. The van der Waals surface area contributed by atoms with Crippen molar-refractivity contribution in [1.29, 1.82) is 0 Å². The van der Waals surface area contributed by atoms with Gasteiger partial charge in [-0.25, -0.2) is 0 Å². The molecular formula is C17H23NO. The number of Topliss-reactive ketones (excluding diaryl/α,β-unsaturated/α-hetero) is 1. The van der Waals surface area contributed by atoms with E-state index in [0.29, 0.717) is 11.7 Å². The summed E-state index contributed by atoms with van der Waals surface area (Å²) in [5, 5.41) is 0. The maximum absolute atomic E-state index is 12.8. The molecule has 0 saturated heterocycles. The topological polar surface area (TPSA) is 43.1 Å². The van der Waals surface area contributed by atoms with Gasteiger partial charge in [0, 0.05) is 17.0 Å². The highest BCUT2D eigenvalue weighted by Gasteiger charge is 2.65. The molecule has 2 heteroatoms. The van der Waals surface area contributed by atoms with E-state index in [-0.39, 0.29) is 16.7 Å². The van der Waals surface area contributed by atoms with Crippen LogP contribution in [0.25, 0.3) is 0 Å². The van der Waals surface area contributed by atoms with E-state index in [4.69, 9.17) is 5.73 Å². The SMILES string of the molecule is CC12CCC(C(Cc3ccc(N)cc3)C1=O)C2(C)C. The molecule has 1 aromatic rings. The number of anilines is 1. The number of hydrogen-bond acceptors (Lipinski definition) is 2. The highest BCUT2D eigenvalue weighted by molar-refractivity contribution is 5.91. The summed E-state index contributed by atoms with van der Waals surface area (Å²) in [5.41, 5.74) is 7.80. The highest BCUT2D eigenvalue weighted by atomic mass is 16.1. The second kappa shape index (κ2) is 3.84. The van der Waals surface area contributed by atoms with Gasteiger partial charge in [0.1, 0.15) is 5.78 Å². The Morgan fingerprint density at radius 2 is 1.84 bits per heavy atom. The summed E-state index contributed by atoms with van der Waals surface area (Å²) in [7, 11) is 0. The Balaban J connectivity index is 1.88. The molecule has 102 valence electrons. The number of fused-ring (bicyclic) bond motifs is 2. The predicted molar refractivity (Wildman–Crippen MR) is 77.7 cm³/mol. The first kappa shape index (κ1) is 12.7. The van der Waals surface area contributed by atoms with E-state index in [2.05, 4.69) is 32.9 Å². The highest BCUT2D eigenvalue weighted by Crippen LogP contribution is 2.66. The summed E-state index contributed by atoms with van der Waals surface area (Å²) >= 11 is 0. The van der Waals surface area contributed by atoms with Crippen molar-refractivity contribution < 1.29 is 4.79 Å². The second-order valence-corrected chi connectivity index (χ2v) is 7.12. The van der Waals surface area contributed by atoms with E-state index in [1.807, 2.05) is 12.1 Å². The summed E-state index contributed by atoms with van der Waals surface area (Å²) in [6.07, 6.45) is 3.15. The molecule has 2 aliphatic rings. The number of ketones is 1. The monoisotopic (exact) mass is 257 g/mol. The van der Waals surface area contributed by atoms with Crippen LogP contribution in [0.1, 0.15) is 39.2 Å². The molecule has 2 saturated carbocycles. The summed E-state index contributed by atoms with van der Waals surface area (Å²) in [6, 6.07) is 7.98. The fraction of sp³-hybridized carbons (Fsp3) is 0.588. The number of hydrogen-bond donors (Lipinski definition) is 1. The third-order valence-corrected chi connectivity index (χ3v) is 6.11. The zero-order valence-corrected chi connectivity index (χ0v) is 12.1. The number of carbonyl (C=O) groups is 1. The first-order valence-corrected chi connectivity index (χ1v) is 7.25. The minimum absolute atomic E-state index is 0.101. The molecule has 0 aliphatic heterocycles. The van der Waals surface area contributed by atoms with Crippen LogP contribution >= 0.6 is 0 Å². The molecule has 2 aliphatic carbocycles. The second-order valence-electron chi connectivity index (χ2n) is 7.12. The minimum Gasteiger partial charge on any atom is -0.399 e. The normalized spacial score (nSPS) is 35.8. The van der Waals surface area contributed by atoms with Gasteiger partial charge in [0.25, 0.3) is 0 Å². The summed E-state index contributed by atoms with van der Waals surface area (Å²) in [4.78, 5) is 12.8. The van der Waals surface area contributed by atoms with E-state index < -0.39 is 0 Å². The van der Waals surface area contributed by atoms with Crippen molar-refractivity contribution in [3.8, 4) is 0 Å². The Morgan fingerprint density at radius 3 is 2.37 bits per heavy atom. The molecule has 3 atom stereocenters. The molecule has 3 rings (SSSR count). The molecule has 2 nitrogen and oxygen atoms in total. The van der Waals surface area contributed by atoms with Crippen molar-refractivity contribution in [3.05, 3.63) is 29.8 Å². The average Bonchev–Trinajstić information content (AvgIpc) is 2.66. The molecular weight excluding hydrogens is 234 g/mol. The van der Waals surface area contributed by atoms with E-state index >= 15 is 0 Å². The van der Waals surface area contributed by atoms with Gasteiger partial charge >= 0.3 is 0 Å². The quantitative estimate of drug-likeness (QED) is 0.825. The molecule has 19 heavy (non-hydrogen) atoms. The van der Waals surface area contributed by atoms with Crippen molar-refractivity contribution in [2.75, 3.05) is 5.73 Å². The van der Waals surface area contributed by atoms with Crippen LogP contribution in [0, 0.1) is 22.7 Å². The van der Waals surface area contributed by atoms with Crippen LogP contribution in [0.3, 0.4) is 0 Å². The Bertz CT molecular complexity index is 517. The first-order chi connectivity index (χ1) is 8.86. The molecule has 2 fully saturated rings. The van der Waals surface area contributed by atoms with Crippen molar-refractivity contribution in [2.24, 2.45) is 22.7 Å². The van der Waals surface area contributed by atoms with Gasteiger partial charge in [-0.05, 0) is 48.3 Å². The lowest BCUT2D eigenvalue weighted by molar-refractivity contribution is -0.131. The lowest BCUT2D eigenvalue weighted by atomic mass is 9.70. The smallest absolute Gasteiger partial charge is 0.142 e. The Hall–Kier alpha value is -1.31. The van der Waals surface area contributed by atoms with Crippen molar-refractivity contribution >= 4 is 11.5 Å². The van der Waals surface area contributed by atoms with Crippen LogP contribution in [0.15, 0.2) is 24.3 Å². The summed E-state index contributed by atoms with van der Waals surface area (Å²) in [6.45, 7) is 6.75. The number of nitrogen functional groups attached to an aromatic ring is 1. The summed E-state index contributed by atoms with van der Waals surface area (Å²) < 4.78 is 0. The number of nitrogens with two attached hydrogens (primary N) is 1. The zero-order chi connectivity index (χ0) is 13.8. The molecule has 0 aromatic heterocycles. The molecule has 3 unspecified atom stereocenters. The first-order valence-electron chi connectivity index (χ1n) is 7.25. The van der Waals surface area contributed by atoms with E-state index in [1.165, 1.54) is 12.0 Å². The van der Waals surface area contributed by atoms with Gasteiger partial charge in [-0.2, -0.15) is 0 Å². The van der Waals surface area contributed by atoms with Gasteiger partial charge < -0.3 is 5.73 Å². The van der Waals surface area contributed by atoms with E-state index in [1.54, 1.807) is 0 Å². The zero-order valence-electron chi connectivity index (χ0n) is 12.1. The standard InChI is InChI=1S/C17H23NO/c1-16(2)14-8-9-17(16,3)15(19)13(14)10-11-4-6-12(18)7-5-11/h4-7,13-14H,8-10,18H2,1-3H3. The van der Waals surface area contributed by atoms with Crippen LogP contribution in [-0.4, -0.2) is 5.78 Å². The maximum Gasteiger partial charge on any atom is 0.142 e. The van der Waals surface area contributed by atoms with Crippen LogP contribution in [-0.2, 0) is 11.2 Å². The number of rotatable bonds is 2. The molecule has 0 amide bonds. The Kier molecular flexibility index (Phi) is 2.57. The lowest BCUT2D eigenvalue weighted by Crippen LogP contribution is -2.33. The number of carbonyl (C=O) groups excluding carboxylic acids is 1. The molecule has 2 N–H and O–H groups in total. The van der Waals surface area contributed by atoms with Crippen LogP contribution in [0.5, 0.6) is 0 Å². The van der Waals surface area contributed by atoms with Crippen LogP contribution in [0.2, 0.25) is 0 Å². The third-order valence-electron chi connectivity index (χ3n) is 6.11. The van der Waals surface area contributed by atoms with Gasteiger partial charge in [0.05, 0.1) is 0 Å². The van der Waals surface area contributed by atoms with Gasteiger partial charge in [0.2, 0.25) is 0 Å². The molecule has 0 spiro atoms. The Labute approximate surface area is 115 Å². The molecule has 0 heterocycles. The largest absolute Gasteiger partial charge is 0.399 e. The summed E-state index contributed by atoms with van der Waals surface area (Å²) in [5.74, 6) is 1.24. The van der Waals surface area contributed by atoms with Gasteiger partial charge in [-0.1, -0.05) is 32.9 Å². The van der Waals surface area contributed by atoms with Gasteiger partial charge in [-0.3, -0.25) is 4.79 Å². The average molecular weight is 257 g/mol. The lowest BCUT2D eigenvalue weighted by Gasteiger charge is -2.32. The van der Waals surface area contributed by atoms with Crippen molar-refractivity contribution in [3.63, 3.8) is 0 Å². The van der Waals surface area contributed by atoms with Crippen molar-refractivity contribution in [1.82, 2.24) is 0 Å². The van der Waals surface area contributed by atoms with Gasteiger partial charge in [0.15, 0.2) is 0 Å². The van der Waals surface area contributed by atoms with Crippen LogP contribution < -0.4 is 5.73 Å². The predicted octanol–water partition coefficient (Wildman–Crippen LogP) is 3.45. The fourth-order valence-electron chi connectivity index (χ4n) is 4.42. The fourth-order valence-corrected chi connectivity index (χ4v) is 4.42. The van der Waals surface area contributed by atoms with E-state index in [0.717, 1.165) is 18.5 Å². The van der Waals surface area contributed by atoms with Crippen molar-refractivity contribution in [2.45, 2.75) is 40.0 Å².